The Morgan fingerprint density at radius 2 is 1.92 bits per heavy atom. The third-order valence-electron chi connectivity index (χ3n) is 6.50. The van der Waals surface area contributed by atoms with Crippen LogP contribution < -0.4 is 5.32 Å². The average Bonchev–Trinajstić information content (AvgIpc) is 2.59. The first kappa shape index (κ1) is 17.4. The van der Waals surface area contributed by atoms with Crippen LogP contribution in [0.1, 0.15) is 63.4 Å². The van der Waals surface area contributed by atoms with E-state index in [1.807, 2.05) is 6.20 Å². The number of aromatic nitrogens is 1. The summed E-state index contributed by atoms with van der Waals surface area (Å²) in [5, 5.41) is 4.19. The Morgan fingerprint density at radius 3 is 2.62 bits per heavy atom. The number of carbonyl (C=O) groups excluding carboxylic acids is 1. The summed E-state index contributed by atoms with van der Waals surface area (Å²) in [6.45, 7) is 2.15. The van der Waals surface area contributed by atoms with Gasteiger partial charge in [-0.2, -0.15) is 0 Å². The van der Waals surface area contributed by atoms with Crippen LogP contribution in [-0.2, 0) is 4.79 Å². The van der Waals surface area contributed by atoms with Crippen molar-refractivity contribution in [1.82, 2.24) is 10.3 Å². The van der Waals surface area contributed by atoms with Gasteiger partial charge in [0.25, 0.3) is 0 Å². The van der Waals surface area contributed by atoms with Gasteiger partial charge in [-0.25, -0.2) is 4.39 Å². The number of benzene rings is 1. The topological polar surface area (TPSA) is 42.0 Å². The minimum absolute atomic E-state index is 0.201. The van der Waals surface area contributed by atoms with Crippen molar-refractivity contribution in [2.24, 2.45) is 11.8 Å². The van der Waals surface area contributed by atoms with Gasteiger partial charge in [0.1, 0.15) is 5.82 Å². The van der Waals surface area contributed by atoms with Crippen LogP contribution in [0.2, 0.25) is 0 Å². The molecular formula is C22H27FN2O. The Hall–Kier alpha value is -1.97. The molecule has 138 valence electrons. The molecule has 2 aromatic rings. The van der Waals surface area contributed by atoms with Gasteiger partial charge < -0.3 is 5.32 Å². The molecule has 26 heavy (non-hydrogen) atoms. The molecule has 3 nitrogen and oxygen atoms in total. The molecule has 1 N–H and O–H groups in total. The number of amides is 1. The Morgan fingerprint density at radius 1 is 1.15 bits per heavy atom. The van der Waals surface area contributed by atoms with E-state index in [0.29, 0.717) is 11.8 Å². The molecule has 1 unspecified atom stereocenters. The summed E-state index contributed by atoms with van der Waals surface area (Å²) >= 11 is 0. The zero-order chi connectivity index (χ0) is 18.1. The molecule has 2 fully saturated rings. The van der Waals surface area contributed by atoms with Crippen molar-refractivity contribution in [2.45, 2.75) is 63.8 Å². The second-order valence-corrected chi connectivity index (χ2v) is 8.10. The van der Waals surface area contributed by atoms with E-state index >= 15 is 0 Å². The van der Waals surface area contributed by atoms with Gasteiger partial charge in [0.05, 0.1) is 5.52 Å². The predicted octanol–water partition coefficient (Wildman–Crippen LogP) is 4.95. The van der Waals surface area contributed by atoms with E-state index in [1.165, 1.54) is 18.1 Å². The Balaban J connectivity index is 1.40. The van der Waals surface area contributed by atoms with Crippen LogP contribution in [-0.4, -0.2) is 16.9 Å². The molecule has 2 aliphatic carbocycles. The predicted molar refractivity (Wildman–Crippen MR) is 101 cm³/mol. The van der Waals surface area contributed by atoms with Crippen molar-refractivity contribution in [3.63, 3.8) is 0 Å². The van der Waals surface area contributed by atoms with E-state index in [1.54, 1.807) is 12.1 Å². The summed E-state index contributed by atoms with van der Waals surface area (Å²) in [4.78, 5) is 16.6. The van der Waals surface area contributed by atoms with Crippen molar-refractivity contribution in [2.75, 3.05) is 0 Å². The molecular weight excluding hydrogens is 327 g/mol. The zero-order valence-corrected chi connectivity index (χ0v) is 15.4. The fourth-order valence-electron chi connectivity index (χ4n) is 4.56. The normalized spacial score (nSPS) is 24.8. The minimum atomic E-state index is -0.201. The lowest BCUT2D eigenvalue weighted by Crippen LogP contribution is -2.43. The molecule has 0 aliphatic heterocycles. The maximum Gasteiger partial charge on any atom is 0.223 e. The number of pyridine rings is 1. The number of halogens is 1. The highest BCUT2D eigenvalue weighted by molar-refractivity contribution is 5.82. The summed E-state index contributed by atoms with van der Waals surface area (Å²) in [6, 6.07) is 7.15. The molecule has 1 aromatic carbocycles. The highest BCUT2D eigenvalue weighted by Gasteiger charge is 2.30. The molecule has 4 heteroatoms. The van der Waals surface area contributed by atoms with Crippen molar-refractivity contribution in [1.29, 1.82) is 0 Å². The Labute approximate surface area is 154 Å². The summed E-state index contributed by atoms with van der Waals surface area (Å²) in [5.41, 5.74) is 2.09. The van der Waals surface area contributed by atoms with E-state index in [0.717, 1.165) is 49.4 Å². The quantitative estimate of drug-likeness (QED) is 0.844. The van der Waals surface area contributed by atoms with Crippen LogP contribution >= 0.6 is 0 Å². The molecule has 1 heterocycles. The van der Waals surface area contributed by atoms with Gasteiger partial charge in [-0.1, -0.05) is 6.42 Å². The monoisotopic (exact) mass is 354 g/mol. The summed E-state index contributed by atoms with van der Waals surface area (Å²) in [6.07, 6.45) is 9.52. The van der Waals surface area contributed by atoms with Crippen molar-refractivity contribution < 1.29 is 9.18 Å². The van der Waals surface area contributed by atoms with Crippen LogP contribution in [0.5, 0.6) is 0 Å². The highest BCUT2D eigenvalue weighted by Crippen LogP contribution is 2.39. The van der Waals surface area contributed by atoms with Gasteiger partial charge in [-0.3, -0.25) is 9.78 Å². The molecule has 0 bridgehead atoms. The molecule has 0 spiro atoms. The largest absolute Gasteiger partial charge is 0.353 e. The van der Waals surface area contributed by atoms with Gasteiger partial charge >= 0.3 is 0 Å². The van der Waals surface area contributed by atoms with Crippen molar-refractivity contribution in [3.8, 4) is 0 Å². The number of hydrogen-bond acceptors (Lipinski definition) is 2. The molecule has 0 saturated heterocycles. The fourth-order valence-corrected chi connectivity index (χ4v) is 4.56. The smallest absolute Gasteiger partial charge is 0.223 e. The van der Waals surface area contributed by atoms with Crippen molar-refractivity contribution >= 4 is 16.8 Å². The molecule has 1 atom stereocenters. The first-order valence-corrected chi connectivity index (χ1v) is 9.96. The van der Waals surface area contributed by atoms with E-state index in [9.17, 15) is 9.18 Å². The number of nitrogens with one attached hydrogen (secondary N) is 1. The van der Waals surface area contributed by atoms with E-state index in [-0.39, 0.29) is 23.7 Å². The summed E-state index contributed by atoms with van der Waals surface area (Å²) in [5.74, 6) is 1.30. The maximum atomic E-state index is 13.7. The minimum Gasteiger partial charge on any atom is -0.353 e. The zero-order valence-electron chi connectivity index (χ0n) is 15.4. The number of hydrogen-bond donors (Lipinski definition) is 1. The lowest BCUT2D eigenvalue weighted by molar-refractivity contribution is -0.128. The maximum absolute atomic E-state index is 13.7. The summed E-state index contributed by atoms with van der Waals surface area (Å²) < 4.78 is 13.7. The molecule has 1 aromatic heterocycles. The van der Waals surface area contributed by atoms with Crippen LogP contribution in [0.25, 0.3) is 10.9 Å². The van der Waals surface area contributed by atoms with Gasteiger partial charge in [0.15, 0.2) is 0 Å². The first-order chi connectivity index (χ1) is 12.6. The molecule has 2 saturated carbocycles. The SMILES string of the molecule is CC(NC(=O)C1CCC1)C1CCC(c2ccnc3ccc(F)cc23)CC1. The number of carbonyl (C=O) groups is 1. The Kier molecular flexibility index (Phi) is 4.92. The van der Waals surface area contributed by atoms with Crippen LogP contribution in [0, 0.1) is 17.7 Å². The van der Waals surface area contributed by atoms with Crippen LogP contribution in [0.15, 0.2) is 30.5 Å². The average molecular weight is 354 g/mol. The van der Waals surface area contributed by atoms with Gasteiger partial charge in [-0.05, 0) is 87.1 Å². The molecule has 1 amide bonds. The van der Waals surface area contributed by atoms with Crippen molar-refractivity contribution in [3.05, 3.63) is 41.8 Å². The van der Waals surface area contributed by atoms with Gasteiger partial charge in [0, 0.05) is 23.5 Å². The van der Waals surface area contributed by atoms with Gasteiger partial charge in [-0.15, -0.1) is 0 Å². The second-order valence-electron chi connectivity index (χ2n) is 8.10. The van der Waals surface area contributed by atoms with E-state index < -0.39 is 0 Å². The fraction of sp³-hybridized carbons (Fsp3) is 0.545. The molecule has 0 radical (unpaired) electrons. The van der Waals surface area contributed by atoms with E-state index in [4.69, 9.17) is 0 Å². The number of nitrogens with zero attached hydrogens (tertiary/aromatic N) is 1. The van der Waals surface area contributed by atoms with Crippen LogP contribution in [0.4, 0.5) is 4.39 Å². The number of rotatable bonds is 4. The van der Waals surface area contributed by atoms with Crippen LogP contribution in [0.3, 0.4) is 0 Å². The lowest BCUT2D eigenvalue weighted by Gasteiger charge is -2.34. The summed E-state index contributed by atoms with van der Waals surface area (Å²) in [7, 11) is 0. The third-order valence-corrected chi connectivity index (χ3v) is 6.50. The lowest BCUT2D eigenvalue weighted by atomic mass is 9.75. The number of fused-ring (bicyclic) bond motifs is 1. The third kappa shape index (κ3) is 3.46. The highest BCUT2D eigenvalue weighted by atomic mass is 19.1. The van der Waals surface area contributed by atoms with Gasteiger partial charge in [0.2, 0.25) is 5.91 Å². The standard InChI is InChI=1S/C22H27FN2O/c1-14(25-22(26)17-3-2-4-17)15-5-7-16(8-6-15)19-11-12-24-21-10-9-18(23)13-20(19)21/h9-17H,2-8H2,1H3,(H,25,26). The Bertz CT molecular complexity index is 794. The first-order valence-electron chi connectivity index (χ1n) is 9.96. The van der Waals surface area contributed by atoms with E-state index in [2.05, 4.69) is 23.3 Å². The molecule has 2 aliphatic rings. The molecule has 4 rings (SSSR count). The second kappa shape index (κ2) is 7.34.